The maximum atomic E-state index is 11.8. The van der Waals surface area contributed by atoms with E-state index < -0.39 is 15.4 Å². The van der Waals surface area contributed by atoms with Crippen molar-refractivity contribution in [3.63, 3.8) is 0 Å². The smallest absolute Gasteiger partial charge is 0.267 e. The zero-order valence-electron chi connectivity index (χ0n) is 18.8. The standard InChI is InChI=1S/C11H11NO2.C7H17N.C3H8O3S/c1-7(2)12-10(13)8-5-3-4-6-9(8)11(12)14;1-5-8(6-2)7(3)4;1-3(2)7(4,5)6/h3-7H,1-2H3;7H,5-6H2,1-4H3;3H,1-2H3,(H,4,5,6). The van der Waals surface area contributed by atoms with Crippen LogP contribution in [0.4, 0.5) is 0 Å². The topological polar surface area (TPSA) is 95.0 Å². The monoisotopic (exact) mass is 428 g/mol. The Labute approximate surface area is 175 Å². The van der Waals surface area contributed by atoms with Gasteiger partial charge in [0.15, 0.2) is 0 Å². The van der Waals surface area contributed by atoms with Crippen molar-refractivity contribution in [2.75, 3.05) is 13.1 Å². The molecular formula is C21H36N2O5S. The van der Waals surface area contributed by atoms with Crippen molar-refractivity contribution < 1.29 is 22.6 Å². The number of amides is 2. The van der Waals surface area contributed by atoms with Crippen LogP contribution < -0.4 is 0 Å². The predicted molar refractivity (Wildman–Crippen MR) is 117 cm³/mol. The fourth-order valence-corrected chi connectivity index (χ4v) is 2.63. The van der Waals surface area contributed by atoms with E-state index in [4.69, 9.17) is 4.55 Å². The number of carbonyl (C=O) groups is 2. The lowest BCUT2D eigenvalue weighted by atomic mass is 10.1. The minimum Gasteiger partial charge on any atom is -0.301 e. The second-order valence-corrected chi connectivity index (χ2v) is 9.47. The number of benzene rings is 1. The van der Waals surface area contributed by atoms with Crippen molar-refractivity contribution in [1.82, 2.24) is 9.80 Å². The second-order valence-electron chi connectivity index (χ2n) is 7.50. The quantitative estimate of drug-likeness (QED) is 0.567. The third-order valence-corrected chi connectivity index (χ3v) is 5.67. The molecule has 0 fully saturated rings. The Morgan fingerprint density at radius 3 is 1.41 bits per heavy atom. The SMILES string of the molecule is CC(C)N1C(=O)c2ccccc2C1=O.CC(C)S(=O)(=O)O.CCN(CC)C(C)C. The number of imide groups is 1. The number of fused-ring (bicyclic) bond motifs is 1. The van der Waals surface area contributed by atoms with Gasteiger partial charge in [0, 0.05) is 12.1 Å². The minimum atomic E-state index is -3.74. The number of hydrogen-bond donors (Lipinski definition) is 1. The lowest BCUT2D eigenvalue weighted by Gasteiger charge is -2.21. The molecule has 2 amide bonds. The summed E-state index contributed by atoms with van der Waals surface area (Å²) in [4.78, 5) is 27.2. The Hall–Kier alpha value is -1.77. The number of rotatable bonds is 5. The fourth-order valence-electron chi connectivity index (χ4n) is 2.63. The molecule has 1 aromatic carbocycles. The summed E-state index contributed by atoms with van der Waals surface area (Å²) < 4.78 is 27.8. The summed E-state index contributed by atoms with van der Waals surface area (Å²) in [6.45, 7) is 17.7. The normalized spacial score (nSPS) is 13.5. The molecule has 0 saturated heterocycles. The molecule has 1 aromatic rings. The second kappa shape index (κ2) is 12.0. The van der Waals surface area contributed by atoms with Crippen LogP contribution in [0, 0.1) is 0 Å². The van der Waals surface area contributed by atoms with Crippen LogP contribution in [0.5, 0.6) is 0 Å². The highest BCUT2D eigenvalue weighted by molar-refractivity contribution is 7.86. The van der Waals surface area contributed by atoms with Gasteiger partial charge in [-0.25, -0.2) is 0 Å². The van der Waals surface area contributed by atoms with Crippen LogP contribution in [0.2, 0.25) is 0 Å². The number of nitrogens with zero attached hydrogens (tertiary/aromatic N) is 2. The summed E-state index contributed by atoms with van der Waals surface area (Å²) in [5, 5.41) is -0.674. The first-order valence-corrected chi connectivity index (χ1v) is 11.5. The largest absolute Gasteiger partial charge is 0.301 e. The van der Waals surface area contributed by atoms with Crippen molar-refractivity contribution in [3.8, 4) is 0 Å². The maximum absolute atomic E-state index is 11.8. The molecule has 7 nitrogen and oxygen atoms in total. The van der Waals surface area contributed by atoms with E-state index in [1.165, 1.54) is 31.8 Å². The van der Waals surface area contributed by atoms with E-state index in [0.29, 0.717) is 17.2 Å². The Morgan fingerprint density at radius 1 is 0.897 bits per heavy atom. The summed E-state index contributed by atoms with van der Waals surface area (Å²) in [5.74, 6) is -0.360. The average molecular weight is 429 g/mol. The first-order chi connectivity index (χ1) is 13.3. The lowest BCUT2D eigenvalue weighted by molar-refractivity contribution is 0.0609. The van der Waals surface area contributed by atoms with Crippen LogP contribution in [0.1, 0.15) is 76.1 Å². The molecule has 1 aliphatic rings. The van der Waals surface area contributed by atoms with Gasteiger partial charge in [-0.3, -0.25) is 19.0 Å². The molecule has 2 rings (SSSR count). The van der Waals surface area contributed by atoms with Crippen LogP contribution in [-0.2, 0) is 10.1 Å². The molecule has 8 heteroatoms. The molecule has 1 heterocycles. The molecule has 1 N–H and O–H groups in total. The first kappa shape index (κ1) is 27.2. The van der Waals surface area contributed by atoms with Crippen molar-refractivity contribution in [2.24, 2.45) is 0 Å². The van der Waals surface area contributed by atoms with Gasteiger partial charge in [-0.15, -0.1) is 0 Å². The van der Waals surface area contributed by atoms with Crippen LogP contribution >= 0.6 is 0 Å². The summed E-state index contributed by atoms with van der Waals surface area (Å²) >= 11 is 0. The Bertz CT molecular complexity index is 734. The van der Waals surface area contributed by atoms with E-state index in [1.807, 2.05) is 13.8 Å². The molecule has 0 atom stereocenters. The summed E-state index contributed by atoms with van der Waals surface area (Å²) in [6, 6.07) is 7.56. The van der Waals surface area contributed by atoms with Crippen molar-refractivity contribution in [2.45, 2.75) is 72.7 Å². The highest BCUT2D eigenvalue weighted by Crippen LogP contribution is 2.23. The molecule has 0 aliphatic carbocycles. The molecular weight excluding hydrogens is 392 g/mol. The van der Waals surface area contributed by atoms with Gasteiger partial charge in [-0.1, -0.05) is 26.0 Å². The van der Waals surface area contributed by atoms with Gasteiger partial charge in [-0.2, -0.15) is 8.42 Å². The molecule has 0 aromatic heterocycles. The third-order valence-electron chi connectivity index (χ3n) is 4.48. The van der Waals surface area contributed by atoms with Gasteiger partial charge < -0.3 is 4.90 Å². The van der Waals surface area contributed by atoms with Gasteiger partial charge >= 0.3 is 0 Å². The summed E-state index contributed by atoms with van der Waals surface area (Å²) in [6.07, 6.45) is 0. The number of hydrogen-bond acceptors (Lipinski definition) is 5. The highest BCUT2D eigenvalue weighted by Gasteiger charge is 2.36. The summed E-state index contributed by atoms with van der Waals surface area (Å²) in [7, 11) is -3.74. The fraction of sp³-hybridized carbons (Fsp3) is 0.619. The molecule has 1 aliphatic heterocycles. The maximum Gasteiger partial charge on any atom is 0.267 e. The van der Waals surface area contributed by atoms with E-state index in [9.17, 15) is 18.0 Å². The molecule has 166 valence electrons. The van der Waals surface area contributed by atoms with Crippen LogP contribution in [0.15, 0.2) is 24.3 Å². The molecule has 29 heavy (non-hydrogen) atoms. The van der Waals surface area contributed by atoms with Gasteiger partial charge in [0.05, 0.1) is 16.4 Å². The molecule has 0 unspecified atom stereocenters. The van der Waals surface area contributed by atoms with Crippen molar-refractivity contribution >= 4 is 21.9 Å². The van der Waals surface area contributed by atoms with E-state index in [2.05, 4.69) is 32.6 Å². The minimum absolute atomic E-state index is 0.0811. The first-order valence-electron chi connectivity index (χ1n) is 9.96. The lowest BCUT2D eigenvalue weighted by Crippen LogP contribution is -2.35. The highest BCUT2D eigenvalue weighted by atomic mass is 32.2. The summed E-state index contributed by atoms with van der Waals surface area (Å²) in [5.41, 5.74) is 1.04. The molecule has 0 saturated carbocycles. The zero-order chi connectivity index (χ0) is 22.9. The Morgan fingerprint density at radius 2 is 1.24 bits per heavy atom. The molecule has 0 radical (unpaired) electrons. The van der Waals surface area contributed by atoms with E-state index >= 15 is 0 Å². The van der Waals surface area contributed by atoms with Crippen LogP contribution in [0.3, 0.4) is 0 Å². The predicted octanol–water partition coefficient (Wildman–Crippen LogP) is 3.71. The van der Waals surface area contributed by atoms with Gasteiger partial charge in [-0.05, 0) is 66.8 Å². The third kappa shape index (κ3) is 8.24. The van der Waals surface area contributed by atoms with E-state index in [-0.39, 0.29) is 17.9 Å². The van der Waals surface area contributed by atoms with Gasteiger partial charge in [0.2, 0.25) is 0 Å². The Kier molecular flexibility index (Phi) is 11.3. The molecule has 0 bridgehead atoms. The van der Waals surface area contributed by atoms with Crippen molar-refractivity contribution in [1.29, 1.82) is 0 Å². The Balaban J connectivity index is 0.000000450. The van der Waals surface area contributed by atoms with Crippen molar-refractivity contribution in [3.05, 3.63) is 35.4 Å². The number of carbonyl (C=O) groups excluding carboxylic acids is 2. The van der Waals surface area contributed by atoms with Gasteiger partial charge in [0.25, 0.3) is 21.9 Å². The van der Waals surface area contributed by atoms with Gasteiger partial charge in [0.1, 0.15) is 0 Å². The average Bonchev–Trinajstić information content (AvgIpc) is 2.87. The molecule has 0 spiro atoms. The van der Waals surface area contributed by atoms with E-state index in [1.54, 1.807) is 24.3 Å². The zero-order valence-corrected chi connectivity index (χ0v) is 19.7. The van der Waals surface area contributed by atoms with E-state index in [0.717, 1.165) is 0 Å². The van der Waals surface area contributed by atoms with Crippen LogP contribution in [0.25, 0.3) is 0 Å². The van der Waals surface area contributed by atoms with Crippen LogP contribution in [-0.4, -0.2) is 65.0 Å².